The number of halogens is 2. The van der Waals surface area contributed by atoms with Crippen molar-refractivity contribution in [1.29, 1.82) is 0 Å². The third-order valence-electron chi connectivity index (χ3n) is 5.54. The van der Waals surface area contributed by atoms with Gasteiger partial charge in [0.15, 0.2) is 11.5 Å². The van der Waals surface area contributed by atoms with Crippen LogP contribution in [0.3, 0.4) is 0 Å². The molecule has 0 amide bonds. The van der Waals surface area contributed by atoms with Gasteiger partial charge in [-0.05, 0) is 81.9 Å². The van der Waals surface area contributed by atoms with Crippen LogP contribution in [0.5, 0.6) is 11.5 Å². The van der Waals surface area contributed by atoms with E-state index in [1.165, 1.54) is 18.0 Å². The molecule has 1 atom stereocenters. The molecule has 1 aromatic carbocycles. The van der Waals surface area contributed by atoms with Crippen LogP contribution in [0.15, 0.2) is 36.5 Å². The van der Waals surface area contributed by atoms with Crippen molar-refractivity contribution in [2.24, 2.45) is 0 Å². The van der Waals surface area contributed by atoms with Crippen molar-refractivity contribution < 1.29 is 27.6 Å². The van der Waals surface area contributed by atoms with Crippen LogP contribution in [0.25, 0.3) is 0 Å². The summed E-state index contributed by atoms with van der Waals surface area (Å²) in [6, 6.07) is 8.52. The molecule has 4 rings (SSSR count). The molecule has 1 aromatic heterocycles. The Morgan fingerprint density at radius 2 is 1.67 bits per heavy atom. The Bertz CT molecular complexity index is 944. The van der Waals surface area contributed by atoms with Gasteiger partial charge in [-0.3, -0.25) is 0 Å². The van der Waals surface area contributed by atoms with Gasteiger partial charge in [-0.2, -0.15) is 0 Å². The van der Waals surface area contributed by atoms with Gasteiger partial charge < -0.3 is 23.5 Å². The number of benzene rings is 1. The van der Waals surface area contributed by atoms with Crippen molar-refractivity contribution in [1.82, 2.24) is 4.98 Å². The first-order valence-electron chi connectivity index (χ1n) is 9.59. The predicted octanol–water partition coefficient (Wildman–Crippen LogP) is 4.52. The zero-order chi connectivity index (χ0) is 21.7. The van der Waals surface area contributed by atoms with Gasteiger partial charge in [0.25, 0.3) is 0 Å². The summed E-state index contributed by atoms with van der Waals surface area (Å²) in [5, 5.41) is -0.0598. The summed E-state index contributed by atoms with van der Waals surface area (Å²) in [6.45, 7) is 9.97. The fourth-order valence-corrected chi connectivity index (χ4v) is 3.76. The first kappa shape index (κ1) is 21.2. The van der Waals surface area contributed by atoms with Gasteiger partial charge >= 0.3 is 13.4 Å². The molecule has 1 saturated heterocycles. The van der Waals surface area contributed by atoms with E-state index in [0.29, 0.717) is 5.82 Å². The lowest BCUT2D eigenvalue weighted by molar-refractivity contribution is -0.286. The van der Waals surface area contributed by atoms with E-state index in [2.05, 4.69) is 19.2 Å². The number of pyridine rings is 1. The van der Waals surface area contributed by atoms with E-state index >= 15 is 0 Å². The van der Waals surface area contributed by atoms with Crippen molar-refractivity contribution in [2.75, 3.05) is 4.72 Å². The number of ether oxygens (including phenoxy) is 2. The number of aromatic nitrogens is 1. The Hall–Kier alpha value is -2.04. The molecule has 160 valence electrons. The number of fused-ring (bicyclic) bond motifs is 1. The van der Waals surface area contributed by atoms with Crippen molar-refractivity contribution in [3.05, 3.63) is 42.1 Å². The number of alkyl halides is 2. The summed E-state index contributed by atoms with van der Waals surface area (Å²) in [5.74, 6) is 0.711. The maximum absolute atomic E-state index is 13.2. The maximum Gasteiger partial charge on any atom is 0.586 e. The van der Waals surface area contributed by atoms with Crippen LogP contribution in [-0.4, -0.2) is 29.6 Å². The molecule has 2 aliphatic heterocycles. The summed E-state index contributed by atoms with van der Waals surface area (Å²) in [5.41, 5.74) is 0.835. The molecule has 2 aromatic rings. The molecule has 2 aliphatic rings. The van der Waals surface area contributed by atoms with E-state index in [-0.39, 0.29) is 16.7 Å². The van der Waals surface area contributed by atoms with Crippen LogP contribution < -0.4 is 19.7 Å². The van der Waals surface area contributed by atoms with E-state index in [1.54, 1.807) is 18.3 Å². The van der Waals surface area contributed by atoms with Crippen LogP contribution in [0, 0.1) is 0 Å². The third-order valence-corrected chi connectivity index (χ3v) is 6.50. The summed E-state index contributed by atoms with van der Waals surface area (Å²) >= 11 is 1.40. The molecule has 1 fully saturated rings. The topological polar surface area (TPSA) is 61.8 Å². The van der Waals surface area contributed by atoms with Crippen molar-refractivity contribution in [3.8, 4) is 11.5 Å². The second kappa shape index (κ2) is 7.28. The average molecular weight is 436 g/mol. The van der Waals surface area contributed by atoms with Gasteiger partial charge in [-0.15, -0.1) is 8.78 Å². The summed E-state index contributed by atoms with van der Waals surface area (Å²) in [4.78, 5) is 4.34. The second-order valence-electron chi connectivity index (χ2n) is 8.30. The fraction of sp³-hybridized carbons (Fsp3) is 0.450. The Morgan fingerprint density at radius 1 is 1.00 bits per heavy atom. The zero-order valence-corrected chi connectivity index (χ0v) is 18.2. The summed E-state index contributed by atoms with van der Waals surface area (Å²) < 4.78 is 50.8. The number of nitrogens with one attached hydrogen (secondary N) is 1. The SMILES string of the molecule is C[C@H](SNc1cc(B2OC(C)(C)C(C)(C)O2)ccn1)c1ccc2c(c1)OC(F)(F)O2. The highest BCUT2D eigenvalue weighted by molar-refractivity contribution is 8.00. The normalized spacial score (nSPS) is 21.5. The van der Waals surface area contributed by atoms with Crippen molar-refractivity contribution >= 4 is 30.3 Å². The lowest BCUT2D eigenvalue weighted by atomic mass is 9.80. The van der Waals surface area contributed by atoms with Crippen molar-refractivity contribution in [2.45, 2.75) is 57.4 Å². The van der Waals surface area contributed by atoms with Crippen LogP contribution in [0.2, 0.25) is 0 Å². The summed E-state index contributed by atoms with van der Waals surface area (Å²) in [6.07, 6.45) is -1.93. The van der Waals surface area contributed by atoms with Crippen LogP contribution in [-0.2, 0) is 9.31 Å². The van der Waals surface area contributed by atoms with E-state index in [1.807, 2.05) is 46.8 Å². The van der Waals surface area contributed by atoms with E-state index in [0.717, 1.165) is 11.0 Å². The second-order valence-corrected chi connectivity index (χ2v) is 9.45. The molecule has 0 spiro atoms. The molecule has 0 bridgehead atoms. The van der Waals surface area contributed by atoms with Gasteiger partial charge in [-0.25, -0.2) is 4.98 Å². The molecule has 3 heterocycles. The molecule has 1 N–H and O–H groups in total. The number of hydrogen-bond donors (Lipinski definition) is 1. The highest BCUT2D eigenvalue weighted by Gasteiger charge is 2.51. The summed E-state index contributed by atoms with van der Waals surface area (Å²) in [7, 11) is -0.475. The highest BCUT2D eigenvalue weighted by atomic mass is 32.2. The molecule has 0 saturated carbocycles. The predicted molar refractivity (Wildman–Crippen MR) is 112 cm³/mol. The van der Waals surface area contributed by atoms with Crippen LogP contribution >= 0.6 is 11.9 Å². The Labute approximate surface area is 178 Å². The van der Waals surface area contributed by atoms with Crippen molar-refractivity contribution in [3.63, 3.8) is 0 Å². The molecule has 0 unspecified atom stereocenters. The van der Waals surface area contributed by atoms with E-state index in [4.69, 9.17) is 9.31 Å². The Morgan fingerprint density at radius 3 is 2.37 bits per heavy atom. The monoisotopic (exact) mass is 436 g/mol. The molecule has 0 radical (unpaired) electrons. The highest BCUT2D eigenvalue weighted by Crippen LogP contribution is 2.43. The van der Waals surface area contributed by atoms with Gasteiger partial charge in [0.1, 0.15) is 5.82 Å². The minimum atomic E-state index is -3.62. The number of anilines is 1. The number of rotatable bonds is 5. The first-order chi connectivity index (χ1) is 14.0. The van der Waals surface area contributed by atoms with E-state index < -0.39 is 24.6 Å². The van der Waals surface area contributed by atoms with Gasteiger partial charge in [-0.1, -0.05) is 6.07 Å². The van der Waals surface area contributed by atoms with E-state index in [9.17, 15) is 8.78 Å². The lowest BCUT2D eigenvalue weighted by Crippen LogP contribution is -2.41. The maximum atomic E-state index is 13.2. The average Bonchev–Trinajstić information content (AvgIpc) is 3.09. The molecular formula is C20H23BF2N2O4S. The quantitative estimate of drug-likeness (QED) is 0.546. The Balaban J connectivity index is 1.41. The molecule has 0 aliphatic carbocycles. The zero-order valence-electron chi connectivity index (χ0n) is 17.4. The molecular weight excluding hydrogens is 413 g/mol. The fourth-order valence-electron chi connectivity index (χ4n) is 3.06. The smallest absolute Gasteiger partial charge is 0.399 e. The van der Waals surface area contributed by atoms with Gasteiger partial charge in [0.2, 0.25) is 0 Å². The number of hydrogen-bond acceptors (Lipinski definition) is 7. The number of nitrogens with zero attached hydrogens (tertiary/aromatic N) is 1. The Kier molecular flexibility index (Phi) is 5.15. The third kappa shape index (κ3) is 4.08. The molecule has 10 heteroatoms. The minimum Gasteiger partial charge on any atom is -0.399 e. The first-order valence-corrected chi connectivity index (χ1v) is 10.5. The standard InChI is InChI=1S/C20H23BF2N2O4S/c1-12(13-6-7-15-16(10-13)27-20(22,23)26-15)30-25-17-11-14(8-9-24-17)21-28-18(2,3)19(4,5)29-21/h6-12H,1-5H3,(H,24,25)/t12-/m0/s1. The largest absolute Gasteiger partial charge is 0.586 e. The lowest BCUT2D eigenvalue weighted by Gasteiger charge is -2.32. The van der Waals surface area contributed by atoms with Crippen LogP contribution in [0.4, 0.5) is 14.6 Å². The van der Waals surface area contributed by atoms with Gasteiger partial charge in [0.05, 0.1) is 11.2 Å². The molecule has 6 nitrogen and oxygen atoms in total. The van der Waals surface area contributed by atoms with Crippen LogP contribution in [0.1, 0.15) is 45.4 Å². The van der Waals surface area contributed by atoms with Gasteiger partial charge in [0, 0.05) is 11.4 Å². The molecule has 30 heavy (non-hydrogen) atoms. The minimum absolute atomic E-state index is 0.0330.